The van der Waals surface area contributed by atoms with Gasteiger partial charge in [0.25, 0.3) is 0 Å². The van der Waals surface area contributed by atoms with E-state index < -0.39 is 29.2 Å². The molecule has 10 atom stereocenters. The highest BCUT2D eigenvalue weighted by atomic mass is 16.6. The van der Waals surface area contributed by atoms with Crippen LogP contribution in [0.4, 0.5) is 0 Å². The molecule has 3 rings (SSSR count). The van der Waals surface area contributed by atoms with Crippen LogP contribution in [-0.2, 0) is 20.7 Å². The number of carbonyl (C=O) groups is 2. The molecule has 0 spiro atoms. The highest BCUT2D eigenvalue weighted by Crippen LogP contribution is 2.48. The summed E-state index contributed by atoms with van der Waals surface area (Å²) in [6.45, 7) is 15.4. The fourth-order valence-electron chi connectivity index (χ4n) is 7.45. The highest BCUT2D eigenvalue weighted by molar-refractivity contribution is 5.93. The Kier molecular flexibility index (Phi) is 11.3. The number of phenols is 1. The molecule has 0 bridgehead atoms. The van der Waals surface area contributed by atoms with E-state index >= 15 is 0 Å². The van der Waals surface area contributed by atoms with Crippen molar-refractivity contribution in [1.82, 2.24) is 0 Å². The number of aryl methyl sites for hydroxylation is 2. The molecule has 2 aliphatic rings. The zero-order valence-corrected chi connectivity index (χ0v) is 26.9. The minimum absolute atomic E-state index is 0.0157. The van der Waals surface area contributed by atoms with E-state index in [4.69, 9.17) is 9.47 Å². The summed E-state index contributed by atoms with van der Waals surface area (Å²) in [4.78, 5) is 25.7. The van der Waals surface area contributed by atoms with Gasteiger partial charge in [-0.3, -0.25) is 4.79 Å². The smallest absolute Gasteiger partial charge is 0.339 e. The minimum atomic E-state index is -1.18. The second-order valence-corrected chi connectivity index (χ2v) is 13.2. The number of Topliss-reactive ketones (excluding diaryl/α,β-unsaturated/α-hetero) is 1. The molecule has 8 nitrogen and oxygen atoms in total. The number of aliphatic hydroxyl groups excluding tert-OH is 1. The maximum Gasteiger partial charge on any atom is 0.339 e. The Bertz CT molecular complexity index is 1100. The number of carboxylic acids is 1. The highest BCUT2D eigenvalue weighted by Gasteiger charge is 2.55. The average Bonchev–Trinajstić information content (AvgIpc) is 3.31. The van der Waals surface area contributed by atoms with Gasteiger partial charge in [-0.1, -0.05) is 53.7 Å². The quantitative estimate of drug-likeness (QED) is 0.225. The van der Waals surface area contributed by atoms with Crippen LogP contribution in [0, 0.1) is 30.6 Å². The summed E-state index contributed by atoms with van der Waals surface area (Å²) < 4.78 is 13.2. The first kappa shape index (κ1) is 34.5. The van der Waals surface area contributed by atoms with Crippen LogP contribution in [0.1, 0.15) is 115 Å². The summed E-state index contributed by atoms with van der Waals surface area (Å²) >= 11 is 0. The Morgan fingerprint density at radius 2 is 1.79 bits per heavy atom. The first-order valence-electron chi connectivity index (χ1n) is 16.0. The van der Waals surface area contributed by atoms with Gasteiger partial charge in [-0.2, -0.15) is 0 Å². The number of carbonyl (C=O) groups excluding carboxylic acids is 1. The van der Waals surface area contributed by atoms with Crippen molar-refractivity contribution in [3.8, 4) is 5.75 Å². The van der Waals surface area contributed by atoms with Crippen molar-refractivity contribution in [2.24, 2.45) is 23.7 Å². The molecule has 2 fully saturated rings. The molecule has 0 amide bonds. The standard InChI is InChI=1S/C34H54O8/c1-9-25(31-21(6)18-34(11-3,42-31)26-16-17-33(40,10-2)23(8)41-26)30(37)22(7)28(35)19(4)12-14-24-15-13-20(5)29(36)27(24)32(38)39/h13,15,19,21-23,25-26,28,31,35-36,40H,9-12,14,16-18H2,1-8H3,(H,38,39)/t19-,21+,22-,23-,25-,26-,28+,31+,33+,34-/m0/s1. The number of carboxylic acid groups (broad SMARTS) is 1. The molecule has 238 valence electrons. The molecule has 0 unspecified atom stereocenters. The molecular weight excluding hydrogens is 536 g/mol. The van der Waals surface area contributed by atoms with Crippen LogP contribution >= 0.6 is 0 Å². The Morgan fingerprint density at radius 3 is 2.33 bits per heavy atom. The zero-order valence-electron chi connectivity index (χ0n) is 26.9. The monoisotopic (exact) mass is 590 g/mol. The first-order chi connectivity index (χ1) is 19.7. The molecule has 42 heavy (non-hydrogen) atoms. The van der Waals surface area contributed by atoms with Crippen molar-refractivity contribution < 1.29 is 39.5 Å². The Morgan fingerprint density at radius 1 is 1.12 bits per heavy atom. The lowest BCUT2D eigenvalue weighted by Gasteiger charge is -2.47. The van der Waals surface area contributed by atoms with E-state index in [1.165, 1.54) is 0 Å². The van der Waals surface area contributed by atoms with Gasteiger partial charge in [-0.15, -0.1) is 0 Å². The minimum Gasteiger partial charge on any atom is -0.507 e. The molecule has 2 saturated heterocycles. The first-order valence-corrected chi connectivity index (χ1v) is 16.0. The summed E-state index contributed by atoms with van der Waals surface area (Å²) in [6.07, 6.45) is 3.34. The van der Waals surface area contributed by atoms with Crippen LogP contribution in [0.5, 0.6) is 5.75 Å². The fourth-order valence-corrected chi connectivity index (χ4v) is 7.45. The average molecular weight is 591 g/mol. The van der Waals surface area contributed by atoms with Crippen LogP contribution in [-0.4, -0.2) is 67.8 Å². The molecule has 2 heterocycles. The van der Waals surface area contributed by atoms with Gasteiger partial charge in [0.1, 0.15) is 17.1 Å². The van der Waals surface area contributed by atoms with E-state index in [2.05, 4.69) is 13.8 Å². The lowest BCUT2D eigenvalue weighted by Crippen LogP contribution is -2.55. The third kappa shape index (κ3) is 6.72. The maximum absolute atomic E-state index is 13.9. The van der Waals surface area contributed by atoms with Gasteiger partial charge in [0.05, 0.1) is 35.6 Å². The summed E-state index contributed by atoms with van der Waals surface area (Å²) in [5, 5.41) is 42.1. The molecular formula is C34H54O8. The molecule has 8 heteroatoms. The second-order valence-electron chi connectivity index (χ2n) is 13.2. The number of benzene rings is 1. The molecule has 0 saturated carbocycles. The zero-order chi connectivity index (χ0) is 31.6. The molecule has 2 aliphatic heterocycles. The third-order valence-electron chi connectivity index (χ3n) is 10.7. The number of hydrogen-bond donors (Lipinski definition) is 4. The van der Waals surface area contributed by atoms with E-state index in [0.29, 0.717) is 49.7 Å². The molecule has 0 aliphatic carbocycles. The third-order valence-corrected chi connectivity index (χ3v) is 10.7. The summed E-state index contributed by atoms with van der Waals surface area (Å²) in [6, 6.07) is 3.40. The number of hydrogen-bond acceptors (Lipinski definition) is 7. The SMILES string of the molecule is CC[C@@H](C(=O)[C@@H](C)[C@H](O)[C@@H](C)CCc1ccc(C)c(O)c1C(=O)O)[C@@H]1O[C@](CC)([C@@H]2CC[C@](O)(CC)[C@H](C)O2)C[C@H]1C. The van der Waals surface area contributed by atoms with E-state index in [-0.39, 0.29) is 53.2 Å². The van der Waals surface area contributed by atoms with Gasteiger partial charge in [0.15, 0.2) is 0 Å². The number of aromatic carboxylic acids is 1. The van der Waals surface area contributed by atoms with Gasteiger partial charge >= 0.3 is 5.97 Å². The molecule has 0 aromatic heterocycles. The van der Waals surface area contributed by atoms with Crippen molar-refractivity contribution in [2.45, 2.75) is 142 Å². The predicted octanol–water partition coefficient (Wildman–Crippen LogP) is 5.84. The van der Waals surface area contributed by atoms with Crippen LogP contribution < -0.4 is 0 Å². The van der Waals surface area contributed by atoms with E-state index in [1.54, 1.807) is 26.0 Å². The van der Waals surface area contributed by atoms with Crippen LogP contribution in [0.15, 0.2) is 12.1 Å². The van der Waals surface area contributed by atoms with Crippen molar-refractivity contribution in [3.63, 3.8) is 0 Å². The van der Waals surface area contributed by atoms with Crippen molar-refractivity contribution in [1.29, 1.82) is 0 Å². The largest absolute Gasteiger partial charge is 0.507 e. The van der Waals surface area contributed by atoms with Gasteiger partial charge in [0.2, 0.25) is 0 Å². The van der Waals surface area contributed by atoms with Gasteiger partial charge in [-0.05, 0) is 88.2 Å². The van der Waals surface area contributed by atoms with Crippen LogP contribution in [0.3, 0.4) is 0 Å². The lowest BCUT2D eigenvalue weighted by molar-refractivity contribution is -0.229. The predicted molar refractivity (Wildman–Crippen MR) is 162 cm³/mol. The van der Waals surface area contributed by atoms with Crippen molar-refractivity contribution in [3.05, 3.63) is 28.8 Å². The van der Waals surface area contributed by atoms with Crippen LogP contribution in [0.2, 0.25) is 0 Å². The van der Waals surface area contributed by atoms with E-state index in [0.717, 1.165) is 12.8 Å². The van der Waals surface area contributed by atoms with E-state index in [1.807, 2.05) is 27.7 Å². The Balaban J connectivity index is 1.69. The van der Waals surface area contributed by atoms with E-state index in [9.17, 15) is 30.0 Å². The second kappa shape index (κ2) is 13.7. The number of aliphatic hydroxyl groups is 2. The summed E-state index contributed by atoms with van der Waals surface area (Å²) in [5.74, 6) is -2.55. The number of rotatable bonds is 13. The molecule has 1 aromatic rings. The number of ether oxygens (including phenoxy) is 2. The normalized spacial score (nSPS) is 32.7. The lowest BCUT2D eigenvalue weighted by atomic mass is 9.76. The Hall–Kier alpha value is -2.00. The van der Waals surface area contributed by atoms with Gasteiger partial charge < -0.3 is 29.9 Å². The number of aromatic hydroxyl groups is 1. The van der Waals surface area contributed by atoms with Crippen molar-refractivity contribution >= 4 is 11.8 Å². The summed E-state index contributed by atoms with van der Waals surface area (Å²) in [5.41, 5.74) is -0.437. The fraction of sp³-hybridized carbons (Fsp3) is 0.765. The summed E-state index contributed by atoms with van der Waals surface area (Å²) in [7, 11) is 0. The number of ketones is 1. The maximum atomic E-state index is 13.9. The Labute approximate surface area is 251 Å². The topological polar surface area (TPSA) is 134 Å². The van der Waals surface area contributed by atoms with Gasteiger partial charge in [0, 0.05) is 11.8 Å². The van der Waals surface area contributed by atoms with Crippen LogP contribution in [0.25, 0.3) is 0 Å². The van der Waals surface area contributed by atoms with Crippen molar-refractivity contribution in [2.75, 3.05) is 0 Å². The van der Waals surface area contributed by atoms with Gasteiger partial charge in [-0.25, -0.2) is 4.79 Å². The molecule has 4 N–H and O–H groups in total. The molecule has 0 radical (unpaired) electrons. The molecule has 1 aromatic carbocycles.